The number of rotatable bonds is 5. The van der Waals surface area contributed by atoms with Crippen molar-refractivity contribution >= 4 is 0 Å². The highest BCUT2D eigenvalue weighted by atomic mass is 16.3. The molecule has 160 valence electrons. The molecule has 0 aromatic rings. The van der Waals surface area contributed by atoms with Crippen LogP contribution in [0.2, 0.25) is 0 Å². The van der Waals surface area contributed by atoms with Crippen molar-refractivity contribution in [2.75, 3.05) is 6.61 Å². The summed E-state index contributed by atoms with van der Waals surface area (Å²) in [5, 5.41) is 9.90. The normalized spacial score (nSPS) is 49.2. The highest BCUT2D eigenvalue weighted by Gasteiger charge is 2.61. The lowest BCUT2D eigenvalue weighted by Gasteiger charge is -2.58. The van der Waals surface area contributed by atoms with Crippen LogP contribution in [0.3, 0.4) is 0 Å². The first kappa shape index (κ1) is 21.0. The molecule has 4 rings (SSSR count). The van der Waals surface area contributed by atoms with Crippen LogP contribution in [0.15, 0.2) is 12.2 Å². The van der Waals surface area contributed by atoms with Gasteiger partial charge in [0.05, 0.1) is 0 Å². The van der Waals surface area contributed by atoms with Crippen LogP contribution in [-0.2, 0) is 0 Å². The predicted octanol–water partition coefficient (Wildman–Crippen LogP) is 7.10. The van der Waals surface area contributed by atoms with E-state index in [0.717, 1.165) is 41.4 Å². The molecule has 4 aliphatic rings. The van der Waals surface area contributed by atoms with Gasteiger partial charge in [0.25, 0.3) is 0 Å². The Morgan fingerprint density at radius 1 is 0.857 bits per heavy atom. The Morgan fingerprint density at radius 2 is 1.54 bits per heavy atom. The molecule has 9 atom stereocenters. The summed E-state index contributed by atoms with van der Waals surface area (Å²) in [5.41, 5.74) is 1.10. The van der Waals surface area contributed by atoms with Gasteiger partial charge in [-0.25, -0.2) is 0 Å². The van der Waals surface area contributed by atoms with Crippen molar-refractivity contribution in [2.24, 2.45) is 58.2 Å². The molecule has 0 aromatic heterocycles. The fraction of sp³-hybridized carbons (Fsp3) is 0.926. The molecular formula is C27H46O. The van der Waals surface area contributed by atoms with Gasteiger partial charge in [-0.2, -0.15) is 0 Å². The molecule has 0 bridgehead atoms. The summed E-state index contributed by atoms with van der Waals surface area (Å²) >= 11 is 0. The minimum absolute atomic E-state index is 0.432. The van der Waals surface area contributed by atoms with Crippen molar-refractivity contribution in [1.82, 2.24) is 0 Å². The zero-order valence-corrected chi connectivity index (χ0v) is 19.3. The van der Waals surface area contributed by atoms with E-state index in [2.05, 4.69) is 46.8 Å². The number of hydrogen-bond acceptors (Lipinski definition) is 1. The number of fused-ring (bicyclic) bond motifs is 5. The quantitative estimate of drug-likeness (QED) is 0.499. The molecule has 0 heterocycles. The largest absolute Gasteiger partial charge is 0.396 e. The average Bonchev–Trinajstić information content (AvgIpc) is 3.17. The molecule has 0 amide bonds. The second-order valence-electron chi connectivity index (χ2n) is 12.2. The van der Waals surface area contributed by atoms with E-state index in [9.17, 15) is 5.11 Å². The molecule has 0 aliphatic heterocycles. The lowest BCUT2D eigenvalue weighted by atomic mass is 9.47. The summed E-state index contributed by atoms with van der Waals surface area (Å²) < 4.78 is 0. The number of aliphatic hydroxyl groups excluding tert-OH is 1. The molecular weight excluding hydrogens is 340 g/mol. The van der Waals surface area contributed by atoms with Gasteiger partial charge < -0.3 is 5.11 Å². The van der Waals surface area contributed by atoms with Crippen LogP contribution < -0.4 is 0 Å². The minimum Gasteiger partial charge on any atom is -0.396 e. The molecule has 1 heteroatoms. The topological polar surface area (TPSA) is 20.2 Å². The van der Waals surface area contributed by atoms with Gasteiger partial charge in [-0.1, -0.05) is 46.8 Å². The summed E-state index contributed by atoms with van der Waals surface area (Å²) in [6.45, 7) is 12.9. The van der Waals surface area contributed by atoms with Crippen molar-refractivity contribution in [1.29, 1.82) is 0 Å². The molecule has 1 nitrogen and oxygen atoms in total. The highest BCUT2D eigenvalue weighted by molar-refractivity contribution is 5.12. The number of allylic oxidation sites excluding steroid dienone is 2. The summed E-state index contributed by atoms with van der Waals surface area (Å²) in [4.78, 5) is 0. The molecule has 28 heavy (non-hydrogen) atoms. The van der Waals surface area contributed by atoms with Crippen LogP contribution >= 0.6 is 0 Å². The standard InChI is InChI=1S/C27H46O/c1-18(2)7-6-8-19(3)22-11-12-24-21-9-10-23-20(17-28)13-15-27(23,5)25(21)14-16-26(22,24)4/h6,8,18-25,28H,7,9-17H2,1-5H3/b8-6+/t19-,20-,21+,22-,23+,24+,25+,26-,27+/m1/s1. The third-order valence-electron chi connectivity index (χ3n) is 10.6. The zero-order valence-electron chi connectivity index (χ0n) is 19.3. The zero-order chi connectivity index (χ0) is 20.1. The van der Waals surface area contributed by atoms with Gasteiger partial charge in [0.1, 0.15) is 0 Å². The summed E-state index contributed by atoms with van der Waals surface area (Å²) in [7, 11) is 0. The van der Waals surface area contributed by atoms with Crippen LogP contribution in [0.25, 0.3) is 0 Å². The lowest BCUT2D eigenvalue weighted by Crippen LogP contribution is -2.51. The molecule has 0 radical (unpaired) electrons. The fourth-order valence-corrected chi connectivity index (χ4v) is 9.15. The molecule has 0 aromatic carbocycles. The maximum atomic E-state index is 9.90. The van der Waals surface area contributed by atoms with Gasteiger partial charge in [0.2, 0.25) is 0 Å². The molecule has 0 unspecified atom stereocenters. The van der Waals surface area contributed by atoms with E-state index >= 15 is 0 Å². The van der Waals surface area contributed by atoms with E-state index in [1.165, 1.54) is 57.8 Å². The highest BCUT2D eigenvalue weighted by Crippen LogP contribution is 2.69. The molecule has 0 saturated heterocycles. The van der Waals surface area contributed by atoms with Gasteiger partial charge in [0, 0.05) is 6.61 Å². The average molecular weight is 387 g/mol. The van der Waals surface area contributed by atoms with Crippen molar-refractivity contribution in [2.45, 2.75) is 92.4 Å². The minimum atomic E-state index is 0.432. The van der Waals surface area contributed by atoms with Crippen molar-refractivity contribution in [3.8, 4) is 0 Å². The first-order valence-electron chi connectivity index (χ1n) is 12.6. The Labute approximate surface area is 174 Å². The van der Waals surface area contributed by atoms with Gasteiger partial charge in [-0.15, -0.1) is 0 Å². The van der Waals surface area contributed by atoms with E-state index < -0.39 is 0 Å². The van der Waals surface area contributed by atoms with E-state index in [4.69, 9.17) is 0 Å². The third-order valence-corrected chi connectivity index (χ3v) is 10.6. The molecule has 1 N–H and O–H groups in total. The maximum Gasteiger partial charge on any atom is 0.0462 e. The summed E-state index contributed by atoms with van der Waals surface area (Å²) in [6, 6.07) is 0. The van der Waals surface area contributed by atoms with Gasteiger partial charge in [-0.3, -0.25) is 0 Å². The Hall–Kier alpha value is -0.300. The molecule has 4 saturated carbocycles. The Morgan fingerprint density at radius 3 is 2.25 bits per heavy atom. The predicted molar refractivity (Wildman–Crippen MR) is 119 cm³/mol. The van der Waals surface area contributed by atoms with E-state index in [1.807, 2.05) is 0 Å². The first-order valence-corrected chi connectivity index (χ1v) is 12.6. The maximum absolute atomic E-state index is 9.90. The van der Waals surface area contributed by atoms with Gasteiger partial charge in [-0.05, 0) is 116 Å². The smallest absolute Gasteiger partial charge is 0.0462 e. The Bertz CT molecular complexity index is 579. The van der Waals surface area contributed by atoms with Crippen LogP contribution in [0.1, 0.15) is 92.4 Å². The SMILES string of the molecule is CC(C)C/C=C/[C@@H](C)[C@H]1CC[C@H]2[C@@H]3CC[C@H]4[C@@H](CO)CC[C@]4(C)[C@H]3CC[C@]12C. The molecule has 0 spiro atoms. The molecule has 4 aliphatic carbocycles. The number of hydrogen-bond donors (Lipinski definition) is 1. The van der Waals surface area contributed by atoms with Crippen molar-refractivity contribution in [3.63, 3.8) is 0 Å². The van der Waals surface area contributed by atoms with Crippen LogP contribution in [-0.4, -0.2) is 11.7 Å². The van der Waals surface area contributed by atoms with Gasteiger partial charge >= 0.3 is 0 Å². The monoisotopic (exact) mass is 386 g/mol. The van der Waals surface area contributed by atoms with E-state index in [0.29, 0.717) is 23.4 Å². The second kappa shape index (κ2) is 7.75. The van der Waals surface area contributed by atoms with Crippen LogP contribution in [0, 0.1) is 58.2 Å². The van der Waals surface area contributed by atoms with E-state index in [1.54, 1.807) is 0 Å². The van der Waals surface area contributed by atoms with Crippen molar-refractivity contribution < 1.29 is 5.11 Å². The third kappa shape index (κ3) is 3.23. The first-order chi connectivity index (χ1) is 13.3. The Balaban J connectivity index is 1.50. The van der Waals surface area contributed by atoms with Crippen molar-refractivity contribution in [3.05, 3.63) is 12.2 Å². The molecule has 4 fully saturated rings. The fourth-order valence-electron chi connectivity index (χ4n) is 9.15. The van der Waals surface area contributed by atoms with Crippen LogP contribution in [0.5, 0.6) is 0 Å². The lowest BCUT2D eigenvalue weighted by molar-refractivity contribution is -0.0956. The Kier molecular flexibility index (Phi) is 5.80. The number of aliphatic hydroxyl groups is 1. The summed E-state index contributed by atoms with van der Waals surface area (Å²) in [6.07, 6.45) is 17.6. The second-order valence-corrected chi connectivity index (χ2v) is 12.2. The van der Waals surface area contributed by atoms with Crippen LogP contribution in [0.4, 0.5) is 0 Å². The summed E-state index contributed by atoms with van der Waals surface area (Å²) in [5.74, 6) is 6.67. The van der Waals surface area contributed by atoms with E-state index in [-0.39, 0.29) is 0 Å². The van der Waals surface area contributed by atoms with Gasteiger partial charge in [0.15, 0.2) is 0 Å².